The summed E-state index contributed by atoms with van der Waals surface area (Å²) in [7, 11) is 2.31. The summed E-state index contributed by atoms with van der Waals surface area (Å²) < 4.78 is 0. The van der Waals surface area contributed by atoms with Crippen molar-refractivity contribution < 1.29 is 0 Å². The molecule has 2 unspecified atom stereocenters. The van der Waals surface area contributed by atoms with Gasteiger partial charge in [0.15, 0.2) is 0 Å². The van der Waals surface area contributed by atoms with Crippen molar-refractivity contribution in [2.45, 2.75) is 64.6 Å². The Hall–Kier alpha value is -0.0800. The smallest absolute Gasteiger partial charge is 0.0111 e. The molecule has 2 saturated heterocycles. The molecule has 2 nitrogen and oxygen atoms in total. The summed E-state index contributed by atoms with van der Waals surface area (Å²) >= 11 is 0. The summed E-state index contributed by atoms with van der Waals surface area (Å²) in [6.07, 6.45) is 5.58. The fourth-order valence-electron chi connectivity index (χ4n) is 3.03. The maximum atomic E-state index is 3.76. The molecule has 88 valence electrons. The topological polar surface area (TPSA) is 15.3 Å². The van der Waals surface area contributed by atoms with Crippen LogP contribution in [0.2, 0.25) is 0 Å². The molecular weight excluding hydrogens is 184 g/mol. The third kappa shape index (κ3) is 2.73. The number of hydrogen-bond donors (Lipinski definition) is 1. The fourth-order valence-corrected chi connectivity index (χ4v) is 3.03. The van der Waals surface area contributed by atoms with Crippen LogP contribution < -0.4 is 5.32 Å². The molecule has 0 amide bonds. The minimum Gasteiger partial charge on any atom is -0.313 e. The molecule has 2 aliphatic rings. The summed E-state index contributed by atoms with van der Waals surface area (Å²) in [5.74, 6) is 0. The Morgan fingerprint density at radius 1 is 1.13 bits per heavy atom. The quantitative estimate of drug-likeness (QED) is 0.752. The van der Waals surface area contributed by atoms with E-state index in [9.17, 15) is 0 Å². The number of nitrogens with one attached hydrogen (secondary N) is 1. The van der Waals surface area contributed by atoms with E-state index in [4.69, 9.17) is 0 Å². The van der Waals surface area contributed by atoms with Gasteiger partial charge in [-0.25, -0.2) is 0 Å². The van der Waals surface area contributed by atoms with Gasteiger partial charge in [-0.05, 0) is 38.1 Å². The van der Waals surface area contributed by atoms with Gasteiger partial charge >= 0.3 is 0 Å². The first-order chi connectivity index (χ1) is 6.96. The van der Waals surface area contributed by atoms with E-state index in [2.05, 4.69) is 38.0 Å². The molecule has 0 radical (unpaired) electrons. The molecule has 15 heavy (non-hydrogen) atoms. The molecule has 2 atom stereocenters. The zero-order chi connectivity index (χ0) is 11.1. The van der Waals surface area contributed by atoms with Crippen LogP contribution in [0.25, 0.3) is 0 Å². The lowest BCUT2D eigenvalue weighted by molar-refractivity contribution is 0.143. The van der Waals surface area contributed by atoms with Crippen LogP contribution in [0.15, 0.2) is 0 Å². The first-order valence-electron chi connectivity index (χ1n) is 6.41. The first-order valence-corrected chi connectivity index (χ1v) is 6.41. The van der Waals surface area contributed by atoms with Gasteiger partial charge in [0.2, 0.25) is 0 Å². The molecule has 0 aromatic carbocycles. The van der Waals surface area contributed by atoms with Crippen molar-refractivity contribution in [3.63, 3.8) is 0 Å². The Kier molecular flexibility index (Phi) is 3.09. The van der Waals surface area contributed by atoms with Gasteiger partial charge in [-0.15, -0.1) is 0 Å². The van der Waals surface area contributed by atoms with Crippen molar-refractivity contribution in [3.05, 3.63) is 0 Å². The molecule has 0 spiro atoms. The van der Waals surface area contributed by atoms with Crippen LogP contribution in [0.3, 0.4) is 0 Å². The molecule has 2 rings (SSSR count). The van der Waals surface area contributed by atoms with Gasteiger partial charge in [-0.1, -0.05) is 20.8 Å². The highest BCUT2D eigenvalue weighted by Crippen LogP contribution is 2.34. The molecule has 2 aliphatic heterocycles. The summed E-state index contributed by atoms with van der Waals surface area (Å²) in [5, 5.41) is 3.76. The zero-order valence-electron chi connectivity index (χ0n) is 10.7. The second kappa shape index (κ2) is 4.06. The van der Waals surface area contributed by atoms with E-state index in [0.29, 0.717) is 5.41 Å². The number of piperidine rings is 1. The Morgan fingerprint density at radius 3 is 2.13 bits per heavy atom. The first kappa shape index (κ1) is 11.4. The van der Waals surface area contributed by atoms with E-state index in [0.717, 1.165) is 24.7 Å². The monoisotopic (exact) mass is 210 g/mol. The van der Waals surface area contributed by atoms with Crippen LogP contribution in [0, 0.1) is 5.41 Å². The second-order valence-corrected chi connectivity index (χ2v) is 6.66. The lowest BCUT2D eigenvalue weighted by Gasteiger charge is -2.37. The highest BCUT2D eigenvalue weighted by atomic mass is 15.2. The van der Waals surface area contributed by atoms with Gasteiger partial charge in [-0.3, -0.25) is 0 Å². The van der Waals surface area contributed by atoms with Crippen LogP contribution in [0.4, 0.5) is 0 Å². The third-order valence-corrected chi connectivity index (χ3v) is 4.02. The molecule has 0 aromatic heterocycles. The van der Waals surface area contributed by atoms with Crippen LogP contribution in [0.1, 0.15) is 46.5 Å². The lowest BCUT2D eigenvalue weighted by atomic mass is 9.93. The van der Waals surface area contributed by atoms with Crippen molar-refractivity contribution >= 4 is 0 Å². The summed E-state index contributed by atoms with van der Waals surface area (Å²) in [5.41, 5.74) is 0.419. The van der Waals surface area contributed by atoms with Crippen LogP contribution in [-0.4, -0.2) is 36.6 Å². The average Bonchev–Trinajstić information content (AvgIpc) is 2.39. The van der Waals surface area contributed by atoms with E-state index in [1.165, 1.54) is 25.7 Å². The molecule has 2 heterocycles. The molecule has 1 N–H and O–H groups in total. The predicted molar refractivity (Wildman–Crippen MR) is 65.1 cm³/mol. The standard InChI is InChI=1S/C13H26N2/c1-13(2,3)9-14-10-7-11-5-6-12(8-10)15(11)4/h10-12,14H,5-9H2,1-4H3. The summed E-state index contributed by atoms with van der Waals surface area (Å²) in [6, 6.07) is 2.50. The van der Waals surface area contributed by atoms with Gasteiger partial charge in [0, 0.05) is 24.7 Å². The third-order valence-electron chi connectivity index (χ3n) is 4.02. The largest absolute Gasteiger partial charge is 0.313 e. The number of fused-ring (bicyclic) bond motifs is 2. The molecule has 2 heteroatoms. The molecular formula is C13H26N2. The van der Waals surface area contributed by atoms with Crippen LogP contribution >= 0.6 is 0 Å². The van der Waals surface area contributed by atoms with Gasteiger partial charge < -0.3 is 10.2 Å². The summed E-state index contributed by atoms with van der Waals surface area (Å²) in [6.45, 7) is 8.08. The second-order valence-electron chi connectivity index (χ2n) is 6.66. The Morgan fingerprint density at radius 2 is 1.67 bits per heavy atom. The van der Waals surface area contributed by atoms with Gasteiger partial charge in [0.1, 0.15) is 0 Å². The number of nitrogens with zero attached hydrogens (tertiary/aromatic N) is 1. The van der Waals surface area contributed by atoms with E-state index in [1.54, 1.807) is 0 Å². The molecule has 2 bridgehead atoms. The van der Waals surface area contributed by atoms with Crippen LogP contribution in [-0.2, 0) is 0 Å². The minimum absolute atomic E-state index is 0.419. The number of rotatable bonds is 2. The zero-order valence-corrected chi connectivity index (χ0v) is 10.7. The van der Waals surface area contributed by atoms with E-state index in [-0.39, 0.29) is 0 Å². The van der Waals surface area contributed by atoms with Gasteiger partial charge in [0.05, 0.1) is 0 Å². The molecule has 0 aromatic rings. The highest BCUT2D eigenvalue weighted by molar-refractivity contribution is 4.96. The maximum absolute atomic E-state index is 3.76. The van der Waals surface area contributed by atoms with E-state index < -0.39 is 0 Å². The molecule has 0 aliphatic carbocycles. The van der Waals surface area contributed by atoms with Gasteiger partial charge in [0.25, 0.3) is 0 Å². The predicted octanol–water partition coefficient (Wildman–Crippen LogP) is 2.25. The van der Waals surface area contributed by atoms with Crippen molar-refractivity contribution in [2.75, 3.05) is 13.6 Å². The normalized spacial score (nSPS) is 37.2. The van der Waals surface area contributed by atoms with Crippen molar-refractivity contribution in [3.8, 4) is 0 Å². The molecule has 0 saturated carbocycles. The van der Waals surface area contributed by atoms with E-state index in [1.807, 2.05) is 0 Å². The lowest BCUT2D eigenvalue weighted by Crippen LogP contribution is -2.48. The number of hydrogen-bond acceptors (Lipinski definition) is 2. The minimum atomic E-state index is 0.419. The Balaban J connectivity index is 1.82. The maximum Gasteiger partial charge on any atom is 0.0111 e. The SMILES string of the molecule is CN1C2CCC1CC(NCC(C)(C)C)C2. The highest BCUT2D eigenvalue weighted by Gasteiger charge is 2.38. The average molecular weight is 210 g/mol. The van der Waals surface area contributed by atoms with Crippen molar-refractivity contribution in [2.24, 2.45) is 5.41 Å². The van der Waals surface area contributed by atoms with Crippen LogP contribution in [0.5, 0.6) is 0 Å². The van der Waals surface area contributed by atoms with Crippen molar-refractivity contribution in [1.29, 1.82) is 0 Å². The van der Waals surface area contributed by atoms with Gasteiger partial charge in [-0.2, -0.15) is 0 Å². The Labute approximate surface area is 94.4 Å². The Bertz CT molecular complexity index is 205. The fraction of sp³-hybridized carbons (Fsp3) is 1.00. The van der Waals surface area contributed by atoms with Crippen molar-refractivity contribution in [1.82, 2.24) is 10.2 Å². The molecule has 2 fully saturated rings. The van der Waals surface area contributed by atoms with E-state index >= 15 is 0 Å². The summed E-state index contributed by atoms with van der Waals surface area (Å²) in [4.78, 5) is 2.61.